The van der Waals surface area contributed by atoms with Gasteiger partial charge in [-0.05, 0) is 17.7 Å². The molecule has 0 aliphatic carbocycles. The topological polar surface area (TPSA) is 166 Å². The highest BCUT2D eigenvalue weighted by molar-refractivity contribution is 5.91. The van der Waals surface area contributed by atoms with Crippen LogP contribution in [0.5, 0.6) is 17.2 Å². The zero-order chi connectivity index (χ0) is 23.3. The molecule has 1 fully saturated rings. The first-order valence-corrected chi connectivity index (χ1v) is 9.73. The maximum absolute atomic E-state index is 12.2. The minimum Gasteiger partial charge on any atom is -0.504 e. The lowest BCUT2D eigenvalue weighted by Gasteiger charge is -2.39. The lowest BCUT2D eigenvalue weighted by molar-refractivity contribution is -0.298. The van der Waals surface area contributed by atoms with E-state index in [0.29, 0.717) is 0 Å². The molecule has 0 radical (unpaired) electrons. The molecule has 10 nitrogen and oxygen atoms in total. The molecular formula is C22H24O10. The highest BCUT2D eigenvalue weighted by Crippen LogP contribution is 2.35. The molecule has 0 spiro atoms. The summed E-state index contributed by atoms with van der Waals surface area (Å²) in [5.74, 6) is -3.22. The second-order valence-electron chi connectivity index (χ2n) is 7.12. The number of hydrogen-bond donors (Lipinski definition) is 6. The number of esters is 1. The summed E-state index contributed by atoms with van der Waals surface area (Å²) in [6, 6.07) is 11.2. The SMILES string of the molecule is O=C(OCC1OC(OC/C=C/c2ccccc2)C(O)C(O)C1O)c1cc(O)c(O)c(O)c1. The number of phenolic OH excluding ortho intramolecular Hbond substituents is 3. The van der Waals surface area contributed by atoms with Gasteiger partial charge in [-0.1, -0.05) is 42.5 Å². The molecule has 3 rings (SSSR count). The van der Waals surface area contributed by atoms with Crippen molar-refractivity contribution in [3.05, 3.63) is 59.7 Å². The van der Waals surface area contributed by atoms with E-state index in [2.05, 4.69) is 0 Å². The van der Waals surface area contributed by atoms with Crippen LogP contribution in [0.25, 0.3) is 6.08 Å². The summed E-state index contributed by atoms with van der Waals surface area (Å²) >= 11 is 0. The summed E-state index contributed by atoms with van der Waals surface area (Å²) in [5, 5.41) is 58.7. The molecule has 1 heterocycles. The van der Waals surface area contributed by atoms with Crippen LogP contribution in [0.2, 0.25) is 0 Å². The van der Waals surface area contributed by atoms with Crippen molar-refractivity contribution in [1.82, 2.24) is 0 Å². The monoisotopic (exact) mass is 448 g/mol. The van der Waals surface area contributed by atoms with Gasteiger partial charge in [0.25, 0.3) is 0 Å². The number of phenols is 3. The quantitative estimate of drug-likeness (QED) is 0.259. The molecule has 0 aromatic heterocycles. The molecule has 172 valence electrons. The number of benzene rings is 2. The summed E-state index contributed by atoms with van der Waals surface area (Å²) in [4.78, 5) is 12.2. The van der Waals surface area contributed by atoms with Crippen molar-refractivity contribution in [3.8, 4) is 17.2 Å². The first-order chi connectivity index (χ1) is 15.3. The van der Waals surface area contributed by atoms with Crippen LogP contribution in [0.3, 0.4) is 0 Å². The molecule has 0 saturated carbocycles. The normalized spacial score (nSPS) is 25.7. The third kappa shape index (κ3) is 5.55. The smallest absolute Gasteiger partial charge is 0.338 e. The van der Waals surface area contributed by atoms with E-state index in [1.165, 1.54) is 0 Å². The minimum atomic E-state index is -1.61. The molecule has 5 unspecified atom stereocenters. The molecule has 6 N–H and O–H groups in total. The Morgan fingerprint density at radius 1 is 0.969 bits per heavy atom. The van der Waals surface area contributed by atoms with Gasteiger partial charge in [0.1, 0.15) is 31.0 Å². The molecule has 2 aromatic rings. The molecule has 2 aromatic carbocycles. The number of aliphatic hydroxyl groups is 3. The molecule has 32 heavy (non-hydrogen) atoms. The van der Waals surface area contributed by atoms with Gasteiger partial charge in [-0.15, -0.1) is 0 Å². The Bertz CT molecular complexity index is 922. The van der Waals surface area contributed by atoms with Crippen molar-refractivity contribution in [2.24, 2.45) is 0 Å². The molecular weight excluding hydrogens is 424 g/mol. The number of carbonyl (C=O) groups excluding carboxylic acids is 1. The first-order valence-electron chi connectivity index (χ1n) is 9.73. The fourth-order valence-corrected chi connectivity index (χ4v) is 3.05. The molecule has 1 saturated heterocycles. The van der Waals surface area contributed by atoms with Crippen LogP contribution in [-0.4, -0.2) is 80.5 Å². The zero-order valence-corrected chi connectivity index (χ0v) is 16.8. The number of hydrogen-bond acceptors (Lipinski definition) is 10. The van der Waals surface area contributed by atoms with Gasteiger partial charge in [-0.3, -0.25) is 0 Å². The average Bonchev–Trinajstić information content (AvgIpc) is 2.79. The Morgan fingerprint density at radius 3 is 2.28 bits per heavy atom. The lowest BCUT2D eigenvalue weighted by Crippen LogP contribution is -2.59. The van der Waals surface area contributed by atoms with Crippen molar-refractivity contribution >= 4 is 12.0 Å². The summed E-state index contributed by atoms with van der Waals surface area (Å²) < 4.78 is 15.9. The van der Waals surface area contributed by atoms with Crippen molar-refractivity contribution in [2.75, 3.05) is 13.2 Å². The molecule has 1 aliphatic heterocycles. The van der Waals surface area contributed by atoms with Crippen LogP contribution >= 0.6 is 0 Å². The van der Waals surface area contributed by atoms with E-state index in [1.807, 2.05) is 30.3 Å². The lowest BCUT2D eigenvalue weighted by atomic mass is 9.99. The second kappa shape index (κ2) is 10.4. The number of carbonyl (C=O) groups is 1. The zero-order valence-electron chi connectivity index (χ0n) is 16.8. The highest BCUT2D eigenvalue weighted by Gasteiger charge is 2.44. The van der Waals surface area contributed by atoms with Gasteiger partial charge in [0.2, 0.25) is 0 Å². The molecule has 0 bridgehead atoms. The number of aliphatic hydroxyl groups excluding tert-OH is 3. The van der Waals surface area contributed by atoms with Crippen molar-refractivity contribution in [2.45, 2.75) is 30.7 Å². The fraction of sp³-hybridized carbons (Fsp3) is 0.318. The third-order valence-corrected chi connectivity index (χ3v) is 4.82. The third-order valence-electron chi connectivity index (χ3n) is 4.82. The summed E-state index contributed by atoms with van der Waals surface area (Å²) in [5.41, 5.74) is 0.676. The maximum Gasteiger partial charge on any atom is 0.338 e. The standard InChI is InChI=1S/C22H24O10/c23-14-9-13(10-15(24)17(14)25)21(29)31-11-16-18(26)19(27)20(28)22(32-16)30-8-4-7-12-5-2-1-3-6-12/h1-7,9-10,16,18-20,22-28H,8,11H2/b7-4+. The Balaban J connectivity index is 1.57. The molecule has 0 amide bonds. The van der Waals surface area contributed by atoms with Gasteiger partial charge >= 0.3 is 5.97 Å². The Morgan fingerprint density at radius 2 is 1.62 bits per heavy atom. The van der Waals surface area contributed by atoms with Crippen LogP contribution in [0.4, 0.5) is 0 Å². The number of ether oxygens (including phenoxy) is 3. The highest BCUT2D eigenvalue weighted by atomic mass is 16.7. The van der Waals surface area contributed by atoms with E-state index < -0.39 is 60.5 Å². The predicted octanol–water partition coefficient (Wildman–Crippen LogP) is 0.498. The summed E-state index contributed by atoms with van der Waals surface area (Å²) in [7, 11) is 0. The van der Waals surface area contributed by atoms with E-state index in [9.17, 15) is 35.4 Å². The maximum atomic E-state index is 12.2. The van der Waals surface area contributed by atoms with Crippen LogP contribution in [0, 0.1) is 0 Å². The van der Waals surface area contributed by atoms with E-state index in [1.54, 1.807) is 12.2 Å². The fourth-order valence-electron chi connectivity index (χ4n) is 3.05. The molecule has 5 atom stereocenters. The van der Waals surface area contributed by atoms with Gasteiger partial charge in [0.15, 0.2) is 23.5 Å². The van der Waals surface area contributed by atoms with Crippen LogP contribution in [-0.2, 0) is 14.2 Å². The van der Waals surface area contributed by atoms with Crippen molar-refractivity contribution < 1.29 is 49.6 Å². The van der Waals surface area contributed by atoms with Crippen molar-refractivity contribution in [3.63, 3.8) is 0 Å². The number of rotatable bonds is 7. The Kier molecular flexibility index (Phi) is 7.67. The first kappa shape index (κ1) is 23.5. The van der Waals surface area contributed by atoms with Gasteiger partial charge in [-0.2, -0.15) is 0 Å². The minimum absolute atomic E-state index is 0.0397. The predicted molar refractivity (Wildman–Crippen MR) is 110 cm³/mol. The van der Waals surface area contributed by atoms with Gasteiger partial charge < -0.3 is 44.8 Å². The van der Waals surface area contributed by atoms with Gasteiger partial charge in [-0.25, -0.2) is 4.79 Å². The van der Waals surface area contributed by atoms with Gasteiger partial charge in [0, 0.05) is 0 Å². The van der Waals surface area contributed by atoms with Crippen LogP contribution in [0.15, 0.2) is 48.5 Å². The van der Waals surface area contributed by atoms with E-state index in [-0.39, 0.29) is 12.2 Å². The summed E-state index contributed by atoms with van der Waals surface area (Å²) in [6.45, 7) is -0.482. The second-order valence-corrected chi connectivity index (χ2v) is 7.12. The Labute approximate surface area is 183 Å². The summed E-state index contributed by atoms with van der Waals surface area (Å²) in [6.07, 6.45) is -3.76. The van der Waals surface area contributed by atoms with E-state index in [4.69, 9.17) is 14.2 Å². The number of aromatic hydroxyl groups is 3. The largest absolute Gasteiger partial charge is 0.504 e. The molecule has 10 heteroatoms. The van der Waals surface area contributed by atoms with Crippen LogP contribution < -0.4 is 0 Å². The van der Waals surface area contributed by atoms with Crippen molar-refractivity contribution in [1.29, 1.82) is 0 Å². The molecule has 1 aliphatic rings. The van der Waals surface area contributed by atoms with Gasteiger partial charge in [0.05, 0.1) is 12.2 Å². The van der Waals surface area contributed by atoms with Crippen LogP contribution in [0.1, 0.15) is 15.9 Å². The van der Waals surface area contributed by atoms with E-state index in [0.717, 1.165) is 17.7 Å². The van der Waals surface area contributed by atoms with E-state index >= 15 is 0 Å². The Hall–Kier alpha value is -3.15. The average molecular weight is 448 g/mol.